The molecule has 0 heterocycles. The van der Waals surface area contributed by atoms with Crippen molar-refractivity contribution in [1.29, 1.82) is 0 Å². The average Bonchev–Trinajstić information content (AvgIpc) is 2.46. The summed E-state index contributed by atoms with van der Waals surface area (Å²) in [6.45, 7) is 5.33. The molecule has 1 heteroatoms. The van der Waals surface area contributed by atoms with Gasteiger partial charge in [-0.25, -0.2) is 0 Å². The van der Waals surface area contributed by atoms with Crippen LogP contribution in [0.25, 0.3) is 5.57 Å². The Balaban J connectivity index is 2.33. The molecule has 1 unspecified atom stereocenters. The zero-order valence-electron chi connectivity index (χ0n) is 11.2. The van der Waals surface area contributed by atoms with Crippen LogP contribution >= 0.6 is 0 Å². The number of hydrogen-bond donors (Lipinski definition) is 1. The summed E-state index contributed by atoms with van der Waals surface area (Å²) in [5.74, 6) is 0.482. The molecule has 18 heavy (non-hydrogen) atoms. The SMILES string of the molecule is CCN/C(=C(\C)c1ccccc1)C1C=CC=CC1. The van der Waals surface area contributed by atoms with Crippen LogP contribution in [0.3, 0.4) is 0 Å². The summed E-state index contributed by atoms with van der Waals surface area (Å²) in [5, 5.41) is 3.55. The maximum atomic E-state index is 3.55. The molecule has 0 bridgehead atoms. The van der Waals surface area contributed by atoms with Crippen LogP contribution in [-0.2, 0) is 0 Å². The van der Waals surface area contributed by atoms with Crippen LogP contribution in [-0.4, -0.2) is 6.54 Å². The van der Waals surface area contributed by atoms with E-state index in [2.05, 4.69) is 73.8 Å². The average molecular weight is 239 g/mol. The monoisotopic (exact) mass is 239 g/mol. The van der Waals surface area contributed by atoms with Crippen molar-refractivity contribution in [3.05, 3.63) is 65.9 Å². The van der Waals surface area contributed by atoms with Gasteiger partial charge in [0.05, 0.1) is 0 Å². The first-order valence-corrected chi connectivity index (χ1v) is 6.66. The Morgan fingerprint density at radius 1 is 1.22 bits per heavy atom. The molecule has 0 aliphatic heterocycles. The molecule has 0 saturated carbocycles. The van der Waals surface area contributed by atoms with Gasteiger partial charge in [0, 0.05) is 18.2 Å². The van der Waals surface area contributed by atoms with Crippen LogP contribution < -0.4 is 5.32 Å². The van der Waals surface area contributed by atoms with Crippen molar-refractivity contribution in [2.24, 2.45) is 5.92 Å². The van der Waals surface area contributed by atoms with Crippen LogP contribution in [0.5, 0.6) is 0 Å². The molecule has 1 aliphatic carbocycles. The largest absolute Gasteiger partial charge is 0.388 e. The van der Waals surface area contributed by atoms with Crippen LogP contribution in [0, 0.1) is 5.92 Å². The zero-order chi connectivity index (χ0) is 12.8. The van der Waals surface area contributed by atoms with Crippen molar-refractivity contribution in [3.63, 3.8) is 0 Å². The molecule has 94 valence electrons. The molecule has 0 aromatic heterocycles. The van der Waals surface area contributed by atoms with Gasteiger partial charge in [-0.15, -0.1) is 0 Å². The topological polar surface area (TPSA) is 12.0 Å². The quantitative estimate of drug-likeness (QED) is 0.832. The Bertz CT molecular complexity index is 466. The molecule has 1 nitrogen and oxygen atoms in total. The highest BCUT2D eigenvalue weighted by Gasteiger charge is 2.14. The van der Waals surface area contributed by atoms with Crippen molar-refractivity contribution < 1.29 is 0 Å². The number of allylic oxidation sites excluding steroid dienone is 5. The normalized spacial score (nSPS) is 19.6. The summed E-state index contributed by atoms with van der Waals surface area (Å²) in [6, 6.07) is 10.6. The molecule has 0 fully saturated rings. The molecule has 1 atom stereocenters. The first-order valence-electron chi connectivity index (χ1n) is 6.66. The van der Waals surface area contributed by atoms with Gasteiger partial charge in [0.25, 0.3) is 0 Å². The van der Waals surface area contributed by atoms with E-state index in [4.69, 9.17) is 0 Å². The van der Waals surface area contributed by atoms with Gasteiger partial charge in [-0.05, 0) is 31.4 Å². The molecule has 1 aromatic rings. The lowest BCUT2D eigenvalue weighted by Crippen LogP contribution is -2.20. The van der Waals surface area contributed by atoms with Gasteiger partial charge in [0.1, 0.15) is 0 Å². The lowest BCUT2D eigenvalue weighted by Gasteiger charge is -2.22. The summed E-state index contributed by atoms with van der Waals surface area (Å²) < 4.78 is 0. The highest BCUT2D eigenvalue weighted by molar-refractivity contribution is 5.67. The van der Waals surface area contributed by atoms with E-state index < -0.39 is 0 Å². The maximum Gasteiger partial charge on any atom is 0.0215 e. The fraction of sp³-hybridized carbons (Fsp3) is 0.294. The van der Waals surface area contributed by atoms with E-state index in [1.54, 1.807) is 0 Å². The number of benzene rings is 1. The summed E-state index contributed by atoms with van der Waals surface area (Å²) in [7, 11) is 0. The van der Waals surface area contributed by atoms with E-state index in [0.29, 0.717) is 5.92 Å². The fourth-order valence-corrected chi connectivity index (χ4v) is 2.37. The van der Waals surface area contributed by atoms with Gasteiger partial charge in [0.2, 0.25) is 0 Å². The van der Waals surface area contributed by atoms with E-state index >= 15 is 0 Å². The molecule has 0 amide bonds. The number of hydrogen-bond acceptors (Lipinski definition) is 1. The van der Waals surface area contributed by atoms with E-state index in [9.17, 15) is 0 Å². The second-order valence-electron chi connectivity index (χ2n) is 4.59. The van der Waals surface area contributed by atoms with Crippen molar-refractivity contribution in [2.75, 3.05) is 6.54 Å². The molecule has 1 aliphatic rings. The fourth-order valence-electron chi connectivity index (χ4n) is 2.37. The molecule has 0 radical (unpaired) electrons. The third-order valence-electron chi connectivity index (χ3n) is 3.33. The molecule has 1 N–H and O–H groups in total. The van der Waals surface area contributed by atoms with Gasteiger partial charge in [0.15, 0.2) is 0 Å². The Labute approximate surface area is 110 Å². The summed E-state index contributed by atoms with van der Waals surface area (Å²) in [4.78, 5) is 0. The lowest BCUT2D eigenvalue weighted by atomic mass is 9.91. The van der Waals surface area contributed by atoms with Crippen LogP contribution in [0.4, 0.5) is 0 Å². The molecule has 0 spiro atoms. The number of rotatable bonds is 4. The zero-order valence-corrected chi connectivity index (χ0v) is 11.2. The first-order chi connectivity index (χ1) is 8.83. The summed E-state index contributed by atoms with van der Waals surface area (Å²) >= 11 is 0. The highest BCUT2D eigenvalue weighted by Crippen LogP contribution is 2.26. The maximum absolute atomic E-state index is 3.55. The highest BCUT2D eigenvalue weighted by atomic mass is 14.9. The van der Waals surface area contributed by atoms with Gasteiger partial charge in [-0.1, -0.05) is 54.6 Å². The second kappa shape index (κ2) is 6.25. The smallest absolute Gasteiger partial charge is 0.0215 e. The van der Waals surface area contributed by atoms with Gasteiger partial charge in [-0.2, -0.15) is 0 Å². The van der Waals surface area contributed by atoms with Crippen molar-refractivity contribution >= 4 is 5.57 Å². The Kier molecular flexibility index (Phi) is 4.40. The molecule has 1 aromatic carbocycles. The van der Waals surface area contributed by atoms with Gasteiger partial charge in [-0.3, -0.25) is 0 Å². The minimum atomic E-state index is 0.482. The van der Waals surface area contributed by atoms with E-state index in [1.165, 1.54) is 16.8 Å². The minimum absolute atomic E-state index is 0.482. The first kappa shape index (κ1) is 12.7. The third kappa shape index (κ3) is 2.92. The van der Waals surface area contributed by atoms with Crippen molar-refractivity contribution in [1.82, 2.24) is 5.32 Å². The van der Waals surface area contributed by atoms with Crippen molar-refractivity contribution in [2.45, 2.75) is 20.3 Å². The lowest BCUT2D eigenvalue weighted by molar-refractivity contribution is 0.673. The second-order valence-corrected chi connectivity index (χ2v) is 4.59. The van der Waals surface area contributed by atoms with Crippen LogP contribution in [0.1, 0.15) is 25.8 Å². The van der Waals surface area contributed by atoms with E-state index in [1.807, 2.05) is 0 Å². The third-order valence-corrected chi connectivity index (χ3v) is 3.33. The van der Waals surface area contributed by atoms with E-state index in [0.717, 1.165) is 13.0 Å². The summed E-state index contributed by atoms with van der Waals surface area (Å²) in [5.41, 5.74) is 4.00. The van der Waals surface area contributed by atoms with Crippen LogP contribution in [0.15, 0.2) is 60.3 Å². The number of nitrogens with one attached hydrogen (secondary N) is 1. The molecular formula is C17H21N. The van der Waals surface area contributed by atoms with E-state index in [-0.39, 0.29) is 0 Å². The van der Waals surface area contributed by atoms with Gasteiger partial charge >= 0.3 is 0 Å². The van der Waals surface area contributed by atoms with Crippen LogP contribution in [0.2, 0.25) is 0 Å². The standard InChI is InChI=1S/C17H21N/c1-3-18-17(16-12-8-5-9-13-16)14(2)15-10-6-4-7-11-15/h4-12,16,18H,3,13H2,1-2H3/b17-14+. The minimum Gasteiger partial charge on any atom is -0.388 e. The Morgan fingerprint density at radius 2 is 2.00 bits per heavy atom. The summed E-state index contributed by atoms with van der Waals surface area (Å²) in [6.07, 6.45) is 9.87. The van der Waals surface area contributed by atoms with Gasteiger partial charge < -0.3 is 5.32 Å². The Morgan fingerprint density at radius 3 is 2.61 bits per heavy atom. The van der Waals surface area contributed by atoms with Crippen molar-refractivity contribution in [3.8, 4) is 0 Å². The molecular weight excluding hydrogens is 218 g/mol. The molecule has 2 rings (SSSR count). The molecule has 0 saturated heterocycles. The predicted molar refractivity (Wildman–Crippen MR) is 79.1 cm³/mol. The Hall–Kier alpha value is -1.76. The predicted octanol–water partition coefficient (Wildman–Crippen LogP) is 4.16.